The van der Waals surface area contributed by atoms with E-state index in [1.807, 2.05) is 12.1 Å². The third-order valence-corrected chi connectivity index (χ3v) is 7.54. The molecule has 5 atom stereocenters. The molecule has 27 heavy (non-hydrogen) atoms. The molecule has 0 spiro atoms. The minimum atomic E-state index is 0.139. The van der Waals surface area contributed by atoms with Gasteiger partial charge in [0.15, 0.2) is 17.3 Å². The van der Waals surface area contributed by atoms with E-state index in [4.69, 9.17) is 9.47 Å². The second kappa shape index (κ2) is 5.51. The van der Waals surface area contributed by atoms with Crippen LogP contribution < -0.4 is 14.8 Å². The first-order chi connectivity index (χ1) is 13.1. The summed E-state index contributed by atoms with van der Waals surface area (Å²) in [6.07, 6.45) is 2.58. The number of hydrogen-bond donors (Lipinski definition) is 1. The van der Waals surface area contributed by atoms with Gasteiger partial charge in [0, 0.05) is 15.7 Å². The van der Waals surface area contributed by atoms with Gasteiger partial charge in [0.1, 0.15) is 0 Å². The highest BCUT2D eigenvalue weighted by molar-refractivity contribution is 9.10. The summed E-state index contributed by atoms with van der Waals surface area (Å²) in [5.74, 6) is 4.46. The van der Waals surface area contributed by atoms with Gasteiger partial charge in [-0.1, -0.05) is 15.9 Å². The highest BCUT2D eigenvalue weighted by atomic mass is 79.9. The van der Waals surface area contributed by atoms with Gasteiger partial charge in [0.25, 0.3) is 0 Å². The van der Waals surface area contributed by atoms with Crippen LogP contribution in [0.4, 0.5) is 5.69 Å². The van der Waals surface area contributed by atoms with Crippen molar-refractivity contribution in [2.24, 2.45) is 17.8 Å². The van der Waals surface area contributed by atoms with Crippen molar-refractivity contribution in [3.05, 3.63) is 51.5 Å². The Balaban J connectivity index is 1.46. The van der Waals surface area contributed by atoms with E-state index in [1.165, 1.54) is 29.7 Å². The first-order valence-electron chi connectivity index (χ1n) is 9.60. The van der Waals surface area contributed by atoms with Crippen molar-refractivity contribution in [3.63, 3.8) is 0 Å². The second-order valence-electron chi connectivity index (χ2n) is 8.29. The van der Waals surface area contributed by atoms with Crippen molar-refractivity contribution in [2.75, 3.05) is 12.1 Å². The normalized spacial score (nSPS) is 31.6. The molecule has 2 heterocycles. The fourth-order valence-corrected chi connectivity index (χ4v) is 6.11. The zero-order chi connectivity index (χ0) is 18.3. The van der Waals surface area contributed by atoms with Crippen molar-refractivity contribution in [3.8, 4) is 11.5 Å². The lowest BCUT2D eigenvalue weighted by molar-refractivity contribution is 0.101. The molecule has 2 fully saturated rings. The highest BCUT2D eigenvalue weighted by Crippen LogP contribution is 2.67. The number of hydrogen-bond acceptors (Lipinski definition) is 4. The maximum Gasteiger partial charge on any atom is 0.231 e. The number of fused-ring (bicyclic) bond motifs is 6. The Morgan fingerprint density at radius 3 is 2.67 bits per heavy atom. The molecular weight excluding hydrogens is 406 g/mol. The Bertz CT molecular complexity index is 988. The highest BCUT2D eigenvalue weighted by Gasteiger charge is 2.58. The number of carbonyl (C=O) groups excluding carboxylic acids is 1. The molecule has 138 valence electrons. The van der Waals surface area contributed by atoms with E-state index in [0.717, 1.165) is 33.4 Å². The molecule has 4 unspecified atom stereocenters. The fraction of sp³-hybridized carbons (Fsp3) is 0.409. The van der Waals surface area contributed by atoms with Crippen LogP contribution in [-0.4, -0.2) is 12.6 Å². The predicted molar refractivity (Wildman–Crippen MR) is 106 cm³/mol. The zero-order valence-electron chi connectivity index (χ0n) is 15.0. The number of nitrogens with one attached hydrogen (secondary N) is 1. The monoisotopic (exact) mass is 425 g/mol. The smallest absolute Gasteiger partial charge is 0.231 e. The SMILES string of the molecule is CC(=O)c1ccc2c(c1)C1C(C[C@@H]3CC13)C(c1cc3c(cc1Br)OCO3)N2. The molecule has 1 N–H and O–H groups in total. The molecule has 4 nitrogen and oxygen atoms in total. The number of benzene rings is 2. The molecule has 0 amide bonds. The molecule has 6 rings (SSSR count). The standard InChI is InChI=1S/C22H20BrNO3/c1-10(25)11-2-3-18-15(4-11)21-13-5-12(13)6-16(21)22(24-18)14-7-19-20(8-17(14)23)27-9-26-19/h2-4,7-8,12-13,16,21-22,24H,5-6,9H2,1H3/t12-,13?,16?,21?,22?/m0/s1. The Morgan fingerprint density at radius 1 is 1.07 bits per heavy atom. The van der Waals surface area contributed by atoms with Gasteiger partial charge in [0.05, 0.1) is 6.04 Å². The van der Waals surface area contributed by atoms with E-state index in [1.54, 1.807) is 6.92 Å². The Labute approximate surface area is 166 Å². The van der Waals surface area contributed by atoms with Crippen LogP contribution in [0, 0.1) is 17.8 Å². The lowest BCUT2D eigenvalue weighted by Gasteiger charge is -2.39. The van der Waals surface area contributed by atoms with Gasteiger partial charge in [-0.05, 0) is 84.9 Å². The number of halogens is 1. The molecule has 2 aliphatic carbocycles. The number of carbonyl (C=O) groups is 1. The van der Waals surface area contributed by atoms with Gasteiger partial charge >= 0.3 is 0 Å². The first-order valence-corrected chi connectivity index (χ1v) is 10.4. The minimum absolute atomic E-state index is 0.139. The Morgan fingerprint density at radius 2 is 1.85 bits per heavy atom. The topological polar surface area (TPSA) is 47.6 Å². The van der Waals surface area contributed by atoms with Gasteiger partial charge in [-0.15, -0.1) is 0 Å². The molecule has 2 saturated carbocycles. The Kier molecular flexibility index (Phi) is 3.26. The quantitative estimate of drug-likeness (QED) is 0.664. The van der Waals surface area contributed by atoms with Crippen LogP contribution in [0.2, 0.25) is 0 Å². The largest absolute Gasteiger partial charge is 0.454 e. The van der Waals surface area contributed by atoms with Crippen LogP contribution >= 0.6 is 15.9 Å². The first kappa shape index (κ1) is 16.0. The van der Waals surface area contributed by atoms with Crippen LogP contribution in [0.1, 0.15) is 53.2 Å². The molecule has 0 radical (unpaired) electrons. The summed E-state index contributed by atoms with van der Waals surface area (Å²) in [6.45, 7) is 1.94. The third-order valence-electron chi connectivity index (χ3n) is 6.86. The molecule has 2 aromatic carbocycles. The molecule has 2 aromatic rings. The van der Waals surface area contributed by atoms with E-state index in [9.17, 15) is 4.79 Å². The molecule has 0 bridgehead atoms. The van der Waals surface area contributed by atoms with Crippen molar-refractivity contribution in [1.82, 2.24) is 0 Å². The van der Waals surface area contributed by atoms with Gasteiger partial charge < -0.3 is 14.8 Å². The van der Waals surface area contributed by atoms with Gasteiger partial charge in [-0.25, -0.2) is 0 Å². The van der Waals surface area contributed by atoms with E-state index in [0.29, 0.717) is 11.8 Å². The minimum Gasteiger partial charge on any atom is -0.454 e. The molecule has 5 heteroatoms. The van der Waals surface area contributed by atoms with Crippen LogP contribution in [0.5, 0.6) is 11.5 Å². The molecule has 0 aromatic heterocycles. The molecule has 2 aliphatic heterocycles. The van der Waals surface area contributed by atoms with Crippen LogP contribution in [0.3, 0.4) is 0 Å². The number of ether oxygens (including phenoxy) is 2. The van der Waals surface area contributed by atoms with Crippen molar-refractivity contribution in [2.45, 2.75) is 31.7 Å². The van der Waals surface area contributed by atoms with E-state index < -0.39 is 0 Å². The van der Waals surface area contributed by atoms with Gasteiger partial charge in [-0.2, -0.15) is 0 Å². The summed E-state index contributed by atoms with van der Waals surface area (Å²) in [7, 11) is 0. The zero-order valence-corrected chi connectivity index (χ0v) is 16.6. The van der Waals surface area contributed by atoms with Crippen LogP contribution in [0.25, 0.3) is 0 Å². The number of rotatable bonds is 2. The van der Waals surface area contributed by atoms with Crippen molar-refractivity contribution in [1.29, 1.82) is 0 Å². The van der Waals surface area contributed by atoms with E-state index in [2.05, 4.69) is 39.4 Å². The molecule has 4 aliphatic rings. The predicted octanol–water partition coefficient (Wildman–Crippen LogP) is 5.29. The lowest BCUT2D eigenvalue weighted by Crippen LogP contribution is -2.31. The summed E-state index contributed by atoms with van der Waals surface area (Å²) in [5, 5.41) is 3.79. The summed E-state index contributed by atoms with van der Waals surface area (Å²) < 4.78 is 12.2. The second-order valence-corrected chi connectivity index (χ2v) is 9.15. The van der Waals surface area contributed by atoms with Crippen molar-refractivity contribution >= 4 is 27.4 Å². The van der Waals surface area contributed by atoms with E-state index >= 15 is 0 Å². The summed E-state index contributed by atoms with van der Waals surface area (Å²) in [5.41, 5.74) is 4.56. The fourth-order valence-electron chi connectivity index (χ4n) is 5.54. The maximum absolute atomic E-state index is 11.9. The van der Waals surface area contributed by atoms with Gasteiger partial charge in [0.2, 0.25) is 6.79 Å². The number of anilines is 1. The average Bonchev–Trinajstić information content (AvgIpc) is 3.09. The number of Topliss-reactive ketones (excluding diaryl/α,β-unsaturated/α-hetero) is 1. The van der Waals surface area contributed by atoms with Crippen molar-refractivity contribution < 1.29 is 14.3 Å². The molecular formula is C22H20BrNO3. The summed E-state index contributed by atoms with van der Waals surface area (Å²) in [6, 6.07) is 10.6. The average molecular weight is 426 g/mol. The molecule has 0 saturated heterocycles. The summed E-state index contributed by atoms with van der Waals surface area (Å²) >= 11 is 3.76. The van der Waals surface area contributed by atoms with Crippen LogP contribution in [0.15, 0.2) is 34.8 Å². The summed E-state index contributed by atoms with van der Waals surface area (Å²) in [4.78, 5) is 11.9. The van der Waals surface area contributed by atoms with E-state index in [-0.39, 0.29) is 18.6 Å². The maximum atomic E-state index is 11.9. The third kappa shape index (κ3) is 2.30. The lowest BCUT2D eigenvalue weighted by atomic mass is 9.74. The Hall–Kier alpha value is -2.01. The van der Waals surface area contributed by atoms with Gasteiger partial charge in [-0.3, -0.25) is 4.79 Å². The number of ketones is 1. The van der Waals surface area contributed by atoms with Crippen LogP contribution in [-0.2, 0) is 0 Å².